The van der Waals surface area contributed by atoms with Gasteiger partial charge in [-0.2, -0.15) is 0 Å². The maximum Gasteiger partial charge on any atom is 0.295 e. The van der Waals surface area contributed by atoms with E-state index in [4.69, 9.17) is 4.74 Å². The predicted molar refractivity (Wildman–Crippen MR) is 94.9 cm³/mol. The third-order valence-electron chi connectivity index (χ3n) is 4.58. The molecule has 1 fully saturated rings. The molecule has 0 radical (unpaired) electrons. The van der Waals surface area contributed by atoms with Gasteiger partial charge in [-0.15, -0.1) is 0 Å². The van der Waals surface area contributed by atoms with Crippen LogP contribution in [0.4, 0.5) is 0 Å². The normalized spacial score (nSPS) is 15.2. The Kier molecular flexibility index (Phi) is 4.35. The number of rotatable bonds is 4. The lowest BCUT2D eigenvalue weighted by molar-refractivity contribution is -0.128. The number of para-hydroxylation sites is 1. The zero-order chi connectivity index (χ0) is 17.9. The van der Waals surface area contributed by atoms with Crippen molar-refractivity contribution < 1.29 is 14.3 Å². The van der Waals surface area contributed by atoms with Gasteiger partial charge in [0.15, 0.2) is 0 Å². The number of nitrogens with one attached hydrogen (secondary N) is 1. The number of carbonyl (C=O) groups is 2. The van der Waals surface area contributed by atoms with Crippen LogP contribution < -0.4 is 4.74 Å². The summed E-state index contributed by atoms with van der Waals surface area (Å²) < 4.78 is 5.77. The number of hydrogen-bond donors (Lipinski definition) is 1. The molecule has 26 heavy (non-hydrogen) atoms. The number of piperidine rings is 1. The summed E-state index contributed by atoms with van der Waals surface area (Å²) in [5.74, 6) is -0.462. The highest BCUT2D eigenvalue weighted by atomic mass is 16.5. The second kappa shape index (κ2) is 6.95. The summed E-state index contributed by atoms with van der Waals surface area (Å²) in [5.41, 5.74) is 1.27. The van der Waals surface area contributed by atoms with E-state index >= 15 is 0 Å². The van der Waals surface area contributed by atoms with Gasteiger partial charge in [-0.3, -0.25) is 14.6 Å². The molecular formula is C19H18N4O3. The molecule has 1 saturated heterocycles. The summed E-state index contributed by atoms with van der Waals surface area (Å²) in [6, 6.07) is 7.46. The lowest BCUT2D eigenvalue weighted by Gasteiger charge is -2.31. The SMILES string of the molecule is O=C(C(=O)N1CCC(Oc2cnccn2)CC1)c1c[nH]c2ccccc12. The van der Waals surface area contributed by atoms with Gasteiger partial charge in [-0.1, -0.05) is 18.2 Å². The van der Waals surface area contributed by atoms with Gasteiger partial charge in [0.1, 0.15) is 6.10 Å². The van der Waals surface area contributed by atoms with Gasteiger partial charge in [0, 0.05) is 55.4 Å². The lowest BCUT2D eigenvalue weighted by atomic mass is 10.0. The molecule has 7 nitrogen and oxygen atoms in total. The van der Waals surface area contributed by atoms with Crippen LogP contribution in [-0.4, -0.2) is 50.7 Å². The molecule has 1 aliphatic rings. The van der Waals surface area contributed by atoms with Crippen LogP contribution in [-0.2, 0) is 4.79 Å². The van der Waals surface area contributed by atoms with E-state index in [-0.39, 0.29) is 6.10 Å². The van der Waals surface area contributed by atoms with E-state index in [9.17, 15) is 9.59 Å². The van der Waals surface area contributed by atoms with E-state index < -0.39 is 11.7 Å². The average molecular weight is 350 g/mol. The number of Topliss-reactive ketones (excluding diaryl/α,β-unsaturated/α-hetero) is 1. The number of aromatic amines is 1. The van der Waals surface area contributed by atoms with Crippen molar-refractivity contribution in [3.05, 3.63) is 54.6 Å². The second-order valence-corrected chi connectivity index (χ2v) is 6.23. The minimum absolute atomic E-state index is 0.0288. The van der Waals surface area contributed by atoms with Crippen molar-refractivity contribution in [3.8, 4) is 5.88 Å². The van der Waals surface area contributed by atoms with Gasteiger partial charge in [0.25, 0.3) is 11.7 Å². The van der Waals surface area contributed by atoms with Crippen LogP contribution in [0, 0.1) is 0 Å². The second-order valence-electron chi connectivity index (χ2n) is 6.23. The van der Waals surface area contributed by atoms with Crippen LogP contribution in [0.3, 0.4) is 0 Å². The summed E-state index contributed by atoms with van der Waals surface area (Å²) >= 11 is 0. The zero-order valence-corrected chi connectivity index (χ0v) is 14.1. The fourth-order valence-corrected chi connectivity index (χ4v) is 3.21. The molecule has 1 N–H and O–H groups in total. The van der Waals surface area contributed by atoms with Crippen LogP contribution in [0.15, 0.2) is 49.1 Å². The molecule has 132 valence electrons. The quantitative estimate of drug-likeness (QED) is 0.576. The van der Waals surface area contributed by atoms with Crippen LogP contribution in [0.25, 0.3) is 10.9 Å². The molecule has 3 heterocycles. The van der Waals surface area contributed by atoms with E-state index in [1.54, 1.807) is 29.7 Å². The fourth-order valence-electron chi connectivity index (χ4n) is 3.21. The monoisotopic (exact) mass is 350 g/mol. The molecule has 7 heteroatoms. The van der Waals surface area contributed by atoms with Gasteiger partial charge < -0.3 is 14.6 Å². The van der Waals surface area contributed by atoms with Gasteiger partial charge in [0.2, 0.25) is 5.88 Å². The molecule has 0 aliphatic carbocycles. The van der Waals surface area contributed by atoms with Crippen molar-refractivity contribution in [2.45, 2.75) is 18.9 Å². The molecule has 2 aromatic heterocycles. The molecule has 0 spiro atoms. The fraction of sp³-hybridized carbons (Fsp3) is 0.263. The van der Waals surface area contributed by atoms with Crippen molar-refractivity contribution in [2.75, 3.05) is 13.1 Å². The third kappa shape index (κ3) is 3.15. The Morgan fingerprint density at radius 3 is 2.73 bits per heavy atom. The number of likely N-dealkylation sites (tertiary alicyclic amines) is 1. The van der Waals surface area contributed by atoms with E-state index in [0.29, 0.717) is 37.4 Å². The van der Waals surface area contributed by atoms with Crippen LogP contribution in [0.5, 0.6) is 5.88 Å². The smallest absolute Gasteiger partial charge is 0.295 e. The van der Waals surface area contributed by atoms with Gasteiger partial charge in [-0.05, 0) is 6.07 Å². The predicted octanol–water partition coefficient (Wildman–Crippen LogP) is 2.21. The number of amides is 1. The molecule has 1 aromatic carbocycles. The largest absolute Gasteiger partial charge is 0.473 e. The van der Waals surface area contributed by atoms with Gasteiger partial charge >= 0.3 is 0 Å². The van der Waals surface area contributed by atoms with E-state index in [1.807, 2.05) is 24.3 Å². The first-order valence-electron chi connectivity index (χ1n) is 8.55. The maximum atomic E-state index is 12.6. The first-order chi connectivity index (χ1) is 12.7. The average Bonchev–Trinajstić information content (AvgIpc) is 3.12. The number of nitrogens with zero attached hydrogens (tertiary/aromatic N) is 3. The van der Waals surface area contributed by atoms with E-state index in [1.165, 1.54) is 0 Å². The first kappa shape index (κ1) is 16.3. The van der Waals surface area contributed by atoms with Crippen molar-refractivity contribution in [1.29, 1.82) is 0 Å². The van der Waals surface area contributed by atoms with Crippen LogP contribution >= 0.6 is 0 Å². The number of H-pyrrole nitrogens is 1. The van der Waals surface area contributed by atoms with E-state index in [2.05, 4.69) is 15.0 Å². The molecule has 1 amide bonds. The summed E-state index contributed by atoms with van der Waals surface area (Å²) in [7, 11) is 0. The highest BCUT2D eigenvalue weighted by Crippen LogP contribution is 2.21. The van der Waals surface area contributed by atoms with Gasteiger partial charge in [0.05, 0.1) is 11.8 Å². The molecule has 4 rings (SSSR count). The van der Waals surface area contributed by atoms with Crippen molar-refractivity contribution in [3.63, 3.8) is 0 Å². The standard InChI is InChI=1S/C19H18N4O3/c24-18(15-11-22-16-4-2-1-3-14(15)16)19(25)23-9-5-13(6-10-23)26-17-12-20-7-8-21-17/h1-4,7-8,11-13,22H,5-6,9-10H2. The van der Waals surface area contributed by atoms with Crippen LogP contribution in [0.2, 0.25) is 0 Å². The van der Waals surface area contributed by atoms with Crippen molar-refractivity contribution in [1.82, 2.24) is 19.9 Å². The van der Waals surface area contributed by atoms with E-state index in [0.717, 1.165) is 10.9 Å². The highest BCUT2D eigenvalue weighted by molar-refractivity contribution is 6.44. The molecule has 3 aromatic rings. The first-order valence-corrected chi connectivity index (χ1v) is 8.55. The highest BCUT2D eigenvalue weighted by Gasteiger charge is 2.29. The molecule has 0 bridgehead atoms. The number of hydrogen-bond acceptors (Lipinski definition) is 5. The zero-order valence-electron chi connectivity index (χ0n) is 14.1. The minimum Gasteiger partial charge on any atom is -0.473 e. The van der Waals surface area contributed by atoms with Crippen molar-refractivity contribution >= 4 is 22.6 Å². The number of ether oxygens (including phenoxy) is 1. The molecule has 1 aliphatic heterocycles. The Hall–Kier alpha value is -3.22. The molecular weight excluding hydrogens is 332 g/mol. The summed E-state index contributed by atoms with van der Waals surface area (Å²) in [6.45, 7) is 0.968. The molecule has 0 saturated carbocycles. The van der Waals surface area contributed by atoms with Crippen LogP contribution in [0.1, 0.15) is 23.2 Å². The molecule has 0 atom stereocenters. The number of benzene rings is 1. The summed E-state index contributed by atoms with van der Waals surface area (Å²) in [6.07, 6.45) is 7.62. The topological polar surface area (TPSA) is 88.2 Å². The minimum atomic E-state index is -0.476. The number of fused-ring (bicyclic) bond motifs is 1. The summed E-state index contributed by atoms with van der Waals surface area (Å²) in [5, 5.41) is 0.770. The lowest BCUT2D eigenvalue weighted by Crippen LogP contribution is -2.44. The summed E-state index contributed by atoms with van der Waals surface area (Å²) in [4.78, 5) is 37.9. The van der Waals surface area contributed by atoms with Gasteiger partial charge in [-0.25, -0.2) is 4.98 Å². The number of carbonyl (C=O) groups excluding carboxylic acids is 2. The number of ketones is 1. The van der Waals surface area contributed by atoms with Crippen molar-refractivity contribution in [2.24, 2.45) is 0 Å². The maximum absolute atomic E-state index is 12.6. The number of aromatic nitrogens is 3. The Labute approximate surface area is 150 Å². The Bertz CT molecular complexity index is 930. The Morgan fingerprint density at radius 1 is 1.15 bits per heavy atom. The Balaban J connectivity index is 1.39. The third-order valence-corrected chi connectivity index (χ3v) is 4.58. The Morgan fingerprint density at radius 2 is 1.96 bits per heavy atom. The molecule has 0 unspecified atom stereocenters.